The first-order valence-electron chi connectivity index (χ1n) is 6.55. The number of aromatic nitrogens is 3. The van der Waals surface area contributed by atoms with Gasteiger partial charge in [-0.15, -0.1) is 0 Å². The zero-order valence-electron chi connectivity index (χ0n) is 12.3. The number of aromatic amines is 2. The molecule has 0 atom stereocenters. The molecule has 0 fully saturated rings. The molecular weight excluding hydrogens is 322 g/mol. The average Bonchev–Trinajstić information content (AvgIpc) is 2.89. The van der Waals surface area contributed by atoms with Gasteiger partial charge in [0.15, 0.2) is 16.7 Å². The molecule has 1 aromatic carbocycles. The molecule has 23 heavy (non-hydrogen) atoms. The van der Waals surface area contributed by atoms with Crippen LogP contribution in [-0.2, 0) is 4.79 Å². The molecule has 8 nitrogen and oxygen atoms in total. The number of H-pyrrole nitrogens is 2. The van der Waals surface area contributed by atoms with Gasteiger partial charge in [-0.05, 0) is 6.07 Å². The number of ether oxygens (including phenoxy) is 2. The third-order valence-corrected chi connectivity index (χ3v) is 4.13. The number of carboxylic acid groups (broad SMARTS) is 1. The molecule has 9 heteroatoms. The lowest BCUT2D eigenvalue weighted by molar-refractivity contribution is -0.133. The molecule has 0 amide bonds. The quantitative estimate of drug-likeness (QED) is 0.479. The molecule has 0 aliphatic heterocycles. The Balaban J connectivity index is 2.23. The molecule has 0 saturated carbocycles. The Morgan fingerprint density at radius 1 is 1.26 bits per heavy atom. The number of hydrogen-bond acceptors (Lipinski definition) is 6. The smallest absolute Gasteiger partial charge is 0.313 e. The molecule has 3 aromatic rings. The monoisotopic (exact) mass is 335 g/mol. The van der Waals surface area contributed by atoms with Gasteiger partial charge >= 0.3 is 5.97 Å². The SMILES string of the molecule is COc1cc2[nH]c3c(=O)[nH]c(SCC(=O)O)nc3c2cc1OC. The van der Waals surface area contributed by atoms with Gasteiger partial charge in [-0.25, -0.2) is 4.98 Å². The molecule has 3 N–H and O–H groups in total. The van der Waals surface area contributed by atoms with Gasteiger partial charge in [0.2, 0.25) is 0 Å². The van der Waals surface area contributed by atoms with Crippen molar-refractivity contribution in [2.45, 2.75) is 5.16 Å². The lowest BCUT2D eigenvalue weighted by atomic mass is 10.2. The van der Waals surface area contributed by atoms with Gasteiger partial charge in [0, 0.05) is 11.5 Å². The van der Waals surface area contributed by atoms with Gasteiger partial charge in [-0.3, -0.25) is 14.6 Å². The van der Waals surface area contributed by atoms with Crippen LogP contribution in [0.5, 0.6) is 11.5 Å². The van der Waals surface area contributed by atoms with Crippen molar-refractivity contribution < 1.29 is 19.4 Å². The van der Waals surface area contributed by atoms with Crippen molar-refractivity contribution in [2.24, 2.45) is 0 Å². The van der Waals surface area contributed by atoms with E-state index >= 15 is 0 Å². The van der Waals surface area contributed by atoms with E-state index in [0.29, 0.717) is 33.4 Å². The fourth-order valence-corrected chi connectivity index (χ4v) is 2.86. The van der Waals surface area contributed by atoms with Crippen LogP contribution in [-0.4, -0.2) is 46.0 Å². The number of carbonyl (C=O) groups is 1. The van der Waals surface area contributed by atoms with Crippen LogP contribution in [0.25, 0.3) is 21.9 Å². The normalized spacial score (nSPS) is 11.0. The largest absolute Gasteiger partial charge is 0.493 e. The first-order chi connectivity index (χ1) is 11.0. The van der Waals surface area contributed by atoms with Crippen molar-refractivity contribution in [2.75, 3.05) is 20.0 Å². The summed E-state index contributed by atoms with van der Waals surface area (Å²) in [5, 5.41) is 9.68. The van der Waals surface area contributed by atoms with E-state index in [4.69, 9.17) is 14.6 Å². The lowest BCUT2D eigenvalue weighted by Crippen LogP contribution is -2.10. The Kier molecular flexibility index (Phi) is 3.87. The number of nitrogens with zero attached hydrogens (tertiary/aromatic N) is 1. The summed E-state index contributed by atoms with van der Waals surface area (Å²) < 4.78 is 10.5. The maximum atomic E-state index is 12.2. The molecule has 3 rings (SSSR count). The van der Waals surface area contributed by atoms with Crippen LogP contribution in [0.3, 0.4) is 0 Å². The minimum atomic E-state index is -0.983. The first-order valence-corrected chi connectivity index (χ1v) is 7.54. The molecule has 2 heterocycles. The molecule has 0 aliphatic rings. The second kappa shape index (κ2) is 5.84. The number of nitrogens with one attached hydrogen (secondary N) is 2. The number of carboxylic acids is 1. The second-order valence-corrected chi connectivity index (χ2v) is 5.62. The maximum Gasteiger partial charge on any atom is 0.313 e. The minimum absolute atomic E-state index is 0.187. The first kappa shape index (κ1) is 15.2. The van der Waals surface area contributed by atoms with Crippen molar-refractivity contribution >= 4 is 39.7 Å². The van der Waals surface area contributed by atoms with Crippen LogP contribution in [0, 0.1) is 0 Å². The molecule has 0 aliphatic carbocycles. The molecule has 0 unspecified atom stereocenters. The minimum Gasteiger partial charge on any atom is -0.493 e. The lowest BCUT2D eigenvalue weighted by Gasteiger charge is -2.06. The summed E-state index contributed by atoms with van der Waals surface area (Å²) in [7, 11) is 3.05. The Bertz CT molecular complexity index is 962. The van der Waals surface area contributed by atoms with Crippen molar-refractivity contribution in [3.05, 3.63) is 22.5 Å². The number of fused-ring (bicyclic) bond motifs is 3. The number of methoxy groups -OCH3 is 2. The highest BCUT2D eigenvalue weighted by atomic mass is 32.2. The van der Waals surface area contributed by atoms with Crippen LogP contribution in [0.1, 0.15) is 0 Å². The molecule has 2 aromatic heterocycles. The summed E-state index contributed by atoms with van der Waals surface area (Å²) in [6, 6.07) is 3.45. The van der Waals surface area contributed by atoms with Crippen LogP contribution >= 0.6 is 11.8 Å². The summed E-state index contributed by atoms with van der Waals surface area (Å²) >= 11 is 0.951. The summed E-state index contributed by atoms with van der Waals surface area (Å²) in [5.74, 6) is -0.122. The highest BCUT2D eigenvalue weighted by Crippen LogP contribution is 2.34. The number of benzene rings is 1. The van der Waals surface area contributed by atoms with E-state index in [9.17, 15) is 9.59 Å². The van der Waals surface area contributed by atoms with E-state index in [-0.39, 0.29) is 16.5 Å². The van der Waals surface area contributed by atoms with Crippen LogP contribution in [0.4, 0.5) is 0 Å². The Hall–Kier alpha value is -2.68. The zero-order chi connectivity index (χ0) is 16.6. The van der Waals surface area contributed by atoms with Gasteiger partial charge in [-0.1, -0.05) is 11.8 Å². The van der Waals surface area contributed by atoms with Crippen LogP contribution in [0.2, 0.25) is 0 Å². The third-order valence-electron chi connectivity index (χ3n) is 3.27. The van der Waals surface area contributed by atoms with Crippen molar-refractivity contribution in [3.63, 3.8) is 0 Å². The number of aliphatic carboxylic acids is 1. The Labute approximate surface area is 133 Å². The fraction of sp³-hybridized carbons (Fsp3) is 0.214. The predicted octanol–water partition coefficient (Wildman–Crippen LogP) is 1.60. The molecule has 120 valence electrons. The van der Waals surface area contributed by atoms with Gasteiger partial charge in [0.05, 0.1) is 25.5 Å². The highest BCUT2D eigenvalue weighted by Gasteiger charge is 2.15. The topological polar surface area (TPSA) is 117 Å². The summed E-state index contributed by atoms with van der Waals surface area (Å²) in [6.07, 6.45) is 0. The van der Waals surface area contributed by atoms with Crippen molar-refractivity contribution in [3.8, 4) is 11.5 Å². The van der Waals surface area contributed by atoms with Crippen LogP contribution < -0.4 is 15.0 Å². The van der Waals surface area contributed by atoms with E-state index in [0.717, 1.165) is 11.8 Å². The number of rotatable bonds is 5. The third kappa shape index (κ3) is 2.70. The molecule has 0 radical (unpaired) electrons. The predicted molar refractivity (Wildman–Crippen MR) is 85.7 cm³/mol. The van der Waals surface area contributed by atoms with Gasteiger partial charge in [-0.2, -0.15) is 0 Å². The summed E-state index contributed by atoms with van der Waals surface area (Å²) in [5.41, 5.74) is 1.08. The van der Waals surface area contributed by atoms with Gasteiger partial charge in [0.25, 0.3) is 5.56 Å². The Morgan fingerprint density at radius 3 is 2.61 bits per heavy atom. The Morgan fingerprint density at radius 2 is 1.96 bits per heavy atom. The van der Waals surface area contributed by atoms with E-state index in [1.54, 1.807) is 12.1 Å². The maximum absolute atomic E-state index is 12.2. The standard InChI is InChI=1S/C14H13N3O5S/c1-21-8-3-6-7(4-9(8)22-2)15-12-11(6)16-14(17-13(12)20)23-5-10(18)19/h3-4,15H,5H2,1-2H3,(H,18,19)(H,16,17,20). The van der Waals surface area contributed by atoms with Crippen molar-refractivity contribution in [1.29, 1.82) is 0 Å². The van der Waals surface area contributed by atoms with Gasteiger partial charge < -0.3 is 19.6 Å². The molecule has 0 saturated heterocycles. The molecule has 0 bridgehead atoms. The van der Waals surface area contributed by atoms with E-state index in [1.807, 2.05) is 0 Å². The fourth-order valence-electron chi connectivity index (χ4n) is 2.27. The highest BCUT2D eigenvalue weighted by molar-refractivity contribution is 7.99. The van der Waals surface area contributed by atoms with E-state index < -0.39 is 5.97 Å². The molecular formula is C14H13N3O5S. The zero-order valence-corrected chi connectivity index (χ0v) is 13.1. The van der Waals surface area contributed by atoms with Crippen LogP contribution in [0.15, 0.2) is 22.1 Å². The number of hydrogen-bond donors (Lipinski definition) is 3. The van der Waals surface area contributed by atoms with Gasteiger partial charge in [0.1, 0.15) is 11.0 Å². The molecule has 0 spiro atoms. The van der Waals surface area contributed by atoms with E-state index in [2.05, 4.69) is 15.0 Å². The van der Waals surface area contributed by atoms with Crippen molar-refractivity contribution in [1.82, 2.24) is 15.0 Å². The second-order valence-electron chi connectivity index (χ2n) is 4.65. The number of thioether (sulfide) groups is 1. The van der Waals surface area contributed by atoms with E-state index in [1.165, 1.54) is 14.2 Å². The summed E-state index contributed by atoms with van der Waals surface area (Å²) in [4.78, 5) is 32.7. The average molecular weight is 335 g/mol. The summed E-state index contributed by atoms with van der Waals surface area (Å²) in [6.45, 7) is 0.